The van der Waals surface area contributed by atoms with Gasteiger partial charge in [0.1, 0.15) is 0 Å². The maximum absolute atomic E-state index is 5.95. The van der Waals surface area contributed by atoms with Gasteiger partial charge < -0.3 is 4.90 Å². The van der Waals surface area contributed by atoms with Gasteiger partial charge in [0.05, 0.1) is 0 Å². The van der Waals surface area contributed by atoms with Crippen LogP contribution >= 0.6 is 11.6 Å². The molecule has 1 saturated heterocycles. The first-order valence-electron chi connectivity index (χ1n) is 5.95. The summed E-state index contributed by atoms with van der Waals surface area (Å²) < 4.78 is 0. The van der Waals surface area contributed by atoms with E-state index >= 15 is 0 Å². The van der Waals surface area contributed by atoms with Crippen molar-refractivity contribution in [3.05, 3.63) is 0 Å². The highest BCUT2D eigenvalue weighted by molar-refractivity contribution is 6.18. The van der Waals surface area contributed by atoms with Crippen LogP contribution in [-0.4, -0.2) is 29.9 Å². The second-order valence-corrected chi connectivity index (χ2v) is 5.89. The van der Waals surface area contributed by atoms with Gasteiger partial charge in [-0.25, -0.2) is 0 Å². The Morgan fingerprint density at radius 3 is 2.71 bits per heavy atom. The molecule has 0 N–H and O–H groups in total. The van der Waals surface area contributed by atoms with Crippen molar-refractivity contribution in [2.24, 2.45) is 11.3 Å². The molecule has 0 bridgehead atoms. The molecule has 2 heteroatoms. The minimum Gasteiger partial charge on any atom is -0.300 e. The van der Waals surface area contributed by atoms with E-state index in [0.717, 1.165) is 17.8 Å². The fourth-order valence-electron chi connectivity index (χ4n) is 3.24. The van der Waals surface area contributed by atoms with Gasteiger partial charge in [0.15, 0.2) is 0 Å². The van der Waals surface area contributed by atoms with E-state index < -0.39 is 0 Å². The van der Waals surface area contributed by atoms with Gasteiger partial charge in [0, 0.05) is 18.5 Å². The molecule has 1 saturated carbocycles. The fourth-order valence-corrected chi connectivity index (χ4v) is 3.50. The van der Waals surface area contributed by atoms with E-state index in [1.54, 1.807) is 0 Å². The number of alkyl halides is 1. The van der Waals surface area contributed by atoms with Gasteiger partial charge in [-0.1, -0.05) is 0 Å². The van der Waals surface area contributed by atoms with Crippen LogP contribution in [0.1, 0.15) is 39.5 Å². The topological polar surface area (TPSA) is 3.24 Å². The fraction of sp³-hybridized carbons (Fsp3) is 1.00. The molecular formula is C12H22ClN. The summed E-state index contributed by atoms with van der Waals surface area (Å²) in [6.45, 7) is 7.27. The third-order valence-corrected chi connectivity index (χ3v) is 4.66. The lowest BCUT2D eigenvalue weighted by Gasteiger charge is -2.26. The van der Waals surface area contributed by atoms with Crippen molar-refractivity contribution in [3.8, 4) is 0 Å². The van der Waals surface area contributed by atoms with E-state index in [2.05, 4.69) is 18.7 Å². The summed E-state index contributed by atoms with van der Waals surface area (Å²) in [5, 5.41) is 0. The van der Waals surface area contributed by atoms with Crippen LogP contribution in [0.4, 0.5) is 0 Å². The number of halogens is 1. The molecule has 14 heavy (non-hydrogen) atoms. The van der Waals surface area contributed by atoms with Crippen molar-refractivity contribution < 1.29 is 0 Å². The molecule has 0 radical (unpaired) electrons. The highest BCUT2D eigenvalue weighted by Crippen LogP contribution is 2.48. The molecule has 82 valence electrons. The molecule has 0 aromatic rings. The summed E-state index contributed by atoms with van der Waals surface area (Å²) in [7, 11) is 0. The highest BCUT2D eigenvalue weighted by Gasteiger charge is 2.43. The zero-order chi connectivity index (χ0) is 10.2. The summed E-state index contributed by atoms with van der Waals surface area (Å²) in [4.78, 5) is 2.64. The lowest BCUT2D eigenvalue weighted by atomic mass is 9.85. The predicted octanol–water partition coefficient (Wildman–Crippen LogP) is 3.13. The largest absolute Gasteiger partial charge is 0.300 e. The van der Waals surface area contributed by atoms with Gasteiger partial charge >= 0.3 is 0 Å². The maximum Gasteiger partial charge on any atom is 0.0251 e. The van der Waals surface area contributed by atoms with Crippen LogP contribution in [0.3, 0.4) is 0 Å². The van der Waals surface area contributed by atoms with Crippen LogP contribution in [0.5, 0.6) is 0 Å². The monoisotopic (exact) mass is 215 g/mol. The second kappa shape index (κ2) is 4.02. The van der Waals surface area contributed by atoms with Crippen molar-refractivity contribution in [1.82, 2.24) is 4.90 Å². The average molecular weight is 216 g/mol. The van der Waals surface area contributed by atoms with Gasteiger partial charge in [0.25, 0.3) is 0 Å². The Labute approximate surface area is 92.8 Å². The first-order valence-corrected chi connectivity index (χ1v) is 6.49. The minimum absolute atomic E-state index is 0.657. The van der Waals surface area contributed by atoms with Gasteiger partial charge in [-0.05, 0) is 57.4 Å². The van der Waals surface area contributed by atoms with Gasteiger partial charge in [-0.3, -0.25) is 0 Å². The molecule has 1 nitrogen and oxygen atoms in total. The summed E-state index contributed by atoms with van der Waals surface area (Å²) in [5.74, 6) is 1.69. The highest BCUT2D eigenvalue weighted by atomic mass is 35.5. The van der Waals surface area contributed by atoms with Crippen LogP contribution in [0.25, 0.3) is 0 Å². The summed E-state index contributed by atoms with van der Waals surface area (Å²) in [6.07, 6.45) is 5.60. The first-order chi connectivity index (χ1) is 6.65. The predicted molar refractivity (Wildman–Crippen MR) is 61.8 cm³/mol. The Kier molecular flexibility index (Phi) is 3.09. The number of likely N-dealkylation sites (tertiary alicyclic amines) is 1. The van der Waals surface area contributed by atoms with E-state index in [4.69, 9.17) is 11.6 Å². The normalized spacial score (nSPS) is 39.0. The van der Waals surface area contributed by atoms with E-state index in [1.807, 2.05) is 0 Å². The second-order valence-electron chi connectivity index (χ2n) is 5.58. The average Bonchev–Trinajstić information content (AvgIpc) is 2.74. The summed E-state index contributed by atoms with van der Waals surface area (Å²) in [6, 6.07) is 0.726. The Balaban J connectivity index is 1.94. The van der Waals surface area contributed by atoms with Gasteiger partial charge in [0.2, 0.25) is 0 Å². The third kappa shape index (κ3) is 1.94. The summed E-state index contributed by atoms with van der Waals surface area (Å²) >= 11 is 5.95. The zero-order valence-electron chi connectivity index (χ0n) is 9.43. The Morgan fingerprint density at radius 2 is 2.21 bits per heavy atom. The third-order valence-electron chi connectivity index (χ3n) is 4.22. The molecule has 0 unspecified atom stereocenters. The van der Waals surface area contributed by atoms with Crippen LogP contribution < -0.4 is 0 Å². The van der Waals surface area contributed by atoms with Crippen LogP contribution in [0.15, 0.2) is 0 Å². The lowest BCUT2D eigenvalue weighted by molar-refractivity contribution is 0.222. The SMILES string of the molecule is CC(C)N1CC[C@]2(CC[C@@H](CCl)C2)C1. The molecule has 0 amide bonds. The van der Waals surface area contributed by atoms with E-state index in [9.17, 15) is 0 Å². The van der Waals surface area contributed by atoms with Crippen LogP contribution in [0, 0.1) is 11.3 Å². The first kappa shape index (κ1) is 10.8. The van der Waals surface area contributed by atoms with Crippen molar-refractivity contribution in [3.63, 3.8) is 0 Å². The Bertz CT molecular complexity index is 204. The van der Waals surface area contributed by atoms with Crippen LogP contribution in [-0.2, 0) is 0 Å². The molecular weight excluding hydrogens is 194 g/mol. The smallest absolute Gasteiger partial charge is 0.0251 e. The number of hydrogen-bond donors (Lipinski definition) is 0. The molecule has 1 spiro atoms. The Hall–Kier alpha value is 0.250. The van der Waals surface area contributed by atoms with Crippen molar-refractivity contribution >= 4 is 11.6 Å². The van der Waals surface area contributed by atoms with Gasteiger partial charge in [-0.2, -0.15) is 0 Å². The molecule has 1 heterocycles. The number of rotatable bonds is 2. The Morgan fingerprint density at radius 1 is 1.43 bits per heavy atom. The molecule has 2 fully saturated rings. The minimum atomic E-state index is 0.657. The quantitative estimate of drug-likeness (QED) is 0.640. The van der Waals surface area contributed by atoms with E-state index in [-0.39, 0.29) is 0 Å². The molecule has 1 aliphatic heterocycles. The molecule has 2 atom stereocenters. The summed E-state index contributed by atoms with van der Waals surface area (Å²) in [5.41, 5.74) is 0.657. The van der Waals surface area contributed by atoms with Crippen molar-refractivity contribution in [1.29, 1.82) is 0 Å². The molecule has 2 rings (SSSR count). The lowest BCUT2D eigenvalue weighted by Crippen LogP contribution is -2.31. The molecule has 0 aromatic heterocycles. The number of nitrogens with zero attached hydrogens (tertiary/aromatic N) is 1. The number of hydrogen-bond acceptors (Lipinski definition) is 1. The van der Waals surface area contributed by atoms with Crippen LogP contribution in [0.2, 0.25) is 0 Å². The zero-order valence-corrected chi connectivity index (χ0v) is 10.2. The van der Waals surface area contributed by atoms with Crippen molar-refractivity contribution in [2.75, 3.05) is 19.0 Å². The van der Waals surface area contributed by atoms with Gasteiger partial charge in [-0.15, -0.1) is 11.6 Å². The van der Waals surface area contributed by atoms with E-state index in [1.165, 1.54) is 38.8 Å². The molecule has 1 aliphatic carbocycles. The standard InChI is InChI=1S/C12H22ClN/c1-10(2)14-6-5-12(9-14)4-3-11(7-12)8-13/h10-11H,3-9H2,1-2H3/t11-,12+/m1/s1. The molecule has 2 aliphatic rings. The molecule has 0 aromatic carbocycles. The maximum atomic E-state index is 5.95. The van der Waals surface area contributed by atoms with E-state index in [0.29, 0.717) is 5.41 Å². The van der Waals surface area contributed by atoms with Crippen molar-refractivity contribution in [2.45, 2.75) is 45.6 Å².